The quantitative estimate of drug-likeness (QED) is 0.821. The number of hydrogen-bond acceptors (Lipinski definition) is 3. The Morgan fingerprint density at radius 2 is 1.61 bits per heavy atom. The van der Waals surface area contributed by atoms with Crippen molar-refractivity contribution >= 4 is 23.2 Å². The zero-order valence-corrected chi connectivity index (χ0v) is 14.5. The van der Waals surface area contributed by atoms with E-state index in [1.807, 2.05) is 43.3 Å². The second kappa shape index (κ2) is 7.02. The first-order valence-electron chi connectivity index (χ1n) is 8.20. The molecule has 0 radical (unpaired) electrons. The minimum Gasteiger partial charge on any atom is -0.378 e. The lowest BCUT2D eigenvalue weighted by Gasteiger charge is -2.25. The molecule has 0 aliphatic heterocycles. The molecule has 0 saturated heterocycles. The van der Waals surface area contributed by atoms with Crippen molar-refractivity contribution in [1.82, 2.24) is 5.32 Å². The molecule has 0 bridgehead atoms. The van der Waals surface area contributed by atoms with E-state index in [9.17, 15) is 9.59 Å². The minimum absolute atomic E-state index is 0.202. The highest BCUT2D eigenvalue weighted by molar-refractivity contribution is 6.09. The fourth-order valence-corrected chi connectivity index (χ4v) is 2.67. The SMILES string of the molecule is CN(C)c1ccc(NC(=O)C(C)(C)C(=O)NC2CCCC2)cc1. The first-order chi connectivity index (χ1) is 10.8. The van der Waals surface area contributed by atoms with Gasteiger partial charge in [0.05, 0.1) is 0 Å². The molecule has 1 aromatic carbocycles. The number of nitrogens with one attached hydrogen (secondary N) is 2. The van der Waals surface area contributed by atoms with Gasteiger partial charge in [-0.05, 0) is 51.0 Å². The van der Waals surface area contributed by atoms with E-state index in [2.05, 4.69) is 10.6 Å². The molecule has 0 heterocycles. The van der Waals surface area contributed by atoms with Crippen LogP contribution in [0, 0.1) is 5.41 Å². The Kier molecular flexibility index (Phi) is 5.29. The van der Waals surface area contributed by atoms with E-state index in [0.29, 0.717) is 5.69 Å². The number of nitrogens with zero attached hydrogens (tertiary/aromatic N) is 1. The van der Waals surface area contributed by atoms with Gasteiger partial charge in [0.1, 0.15) is 5.41 Å². The molecule has 1 aliphatic rings. The van der Waals surface area contributed by atoms with E-state index in [4.69, 9.17) is 0 Å². The molecule has 1 aliphatic carbocycles. The van der Waals surface area contributed by atoms with Crippen LogP contribution in [0.1, 0.15) is 39.5 Å². The highest BCUT2D eigenvalue weighted by atomic mass is 16.2. The molecule has 0 atom stereocenters. The predicted octanol–water partition coefficient (Wildman–Crippen LogP) is 2.78. The van der Waals surface area contributed by atoms with Crippen LogP contribution in [0.15, 0.2) is 24.3 Å². The topological polar surface area (TPSA) is 61.4 Å². The molecule has 1 fully saturated rings. The van der Waals surface area contributed by atoms with E-state index in [1.165, 1.54) is 0 Å². The summed E-state index contributed by atoms with van der Waals surface area (Å²) in [4.78, 5) is 26.9. The lowest BCUT2D eigenvalue weighted by molar-refractivity contribution is -0.138. The van der Waals surface area contributed by atoms with Gasteiger partial charge < -0.3 is 15.5 Å². The van der Waals surface area contributed by atoms with Gasteiger partial charge in [-0.1, -0.05) is 12.8 Å². The van der Waals surface area contributed by atoms with E-state index in [-0.39, 0.29) is 17.9 Å². The van der Waals surface area contributed by atoms with Crippen LogP contribution < -0.4 is 15.5 Å². The second-order valence-electron chi connectivity index (χ2n) is 6.98. The molecule has 1 saturated carbocycles. The van der Waals surface area contributed by atoms with Gasteiger partial charge in [0.25, 0.3) is 0 Å². The van der Waals surface area contributed by atoms with Gasteiger partial charge in [-0.3, -0.25) is 9.59 Å². The van der Waals surface area contributed by atoms with Crippen LogP contribution in [0.4, 0.5) is 11.4 Å². The standard InChI is InChI=1S/C18H27N3O2/c1-18(2,16(22)19-13-7-5-6-8-13)17(23)20-14-9-11-15(12-10-14)21(3)4/h9-13H,5-8H2,1-4H3,(H,19,22)(H,20,23). The number of rotatable bonds is 5. The molecule has 0 aromatic heterocycles. The third kappa shape index (κ3) is 4.24. The number of amides is 2. The molecule has 5 heteroatoms. The first-order valence-corrected chi connectivity index (χ1v) is 8.20. The number of anilines is 2. The summed E-state index contributed by atoms with van der Waals surface area (Å²) >= 11 is 0. The average molecular weight is 317 g/mol. The van der Waals surface area contributed by atoms with Crippen molar-refractivity contribution in [1.29, 1.82) is 0 Å². The molecule has 2 N–H and O–H groups in total. The monoisotopic (exact) mass is 317 g/mol. The van der Waals surface area contributed by atoms with E-state index < -0.39 is 5.41 Å². The maximum absolute atomic E-state index is 12.5. The van der Waals surface area contributed by atoms with Gasteiger partial charge in [-0.2, -0.15) is 0 Å². The van der Waals surface area contributed by atoms with Crippen LogP contribution in [0.25, 0.3) is 0 Å². The number of benzene rings is 1. The Bertz CT molecular complexity index is 558. The third-order valence-electron chi connectivity index (χ3n) is 4.47. The molecule has 126 valence electrons. The van der Waals surface area contributed by atoms with Crippen LogP contribution >= 0.6 is 0 Å². The second-order valence-corrected chi connectivity index (χ2v) is 6.98. The van der Waals surface area contributed by atoms with Crippen LogP contribution in [-0.2, 0) is 9.59 Å². The summed E-state index contributed by atoms with van der Waals surface area (Å²) in [5.41, 5.74) is 0.659. The zero-order chi connectivity index (χ0) is 17.0. The van der Waals surface area contributed by atoms with Crippen molar-refractivity contribution in [3.8, 4) is 0 Å². The summed E-state index contributed by atoms with van der Waals surface area (Å²) in [6.45, 7) is 3.33. The van der Waals surface area contributed by atoms with Crippen LogP contribution in [0.5, 0.6) is 0 Å². The third-order valence-corrected chi connectivity index (χ3v) is 4.47. The number of carbonyl (C=O) groups is 2. The maximum atomic E-state index is 12.5. The fourth-order valence-electron chi connectivity index (χ4n) is 2.67. The van der Waals surface area contributed by atoms with Crippen molar-refractivity contribution in [2.24, 2.45) is 5.41 Å². The summed E-state index contributed by atoms with van der Waals surface area (Å²) in [6, 6.07) is 7.77. The lowest BCUT2D eigenvalue weighted by Crippen LogP contribution is -2.47. The summed E-state index contributed by atoms with van der Waals surface area (Å²) in [6.07, 6.45) is 4.32. The van der Waals surface area contributed by atoms with Crippen molar-refractivity contribution in [3.63, 3.8) is 0 Å². The van der Waals surface area contributed by atoms with Gasteiger partial charge in [-0.25, -0.2) is 0 Å². The van der Waals surface area contributed by atoms with Gasteiger partial charge in [0.2, 0.25) is 11.8 Å². The number of hydrogen-bond donors (Lipinski definition) is 2. The Morgan fingerprint density at radius 1 is 1.04 bits per heavy atom. The zero-order valence-electron chi connectivity index (χ0n) is 14.5. The normalized spacial score (nSPS) is 15.3. The first kappa shape index (κ1) is 17.3. The molecular weight excluding hydrogens is 290 g/mol. The molecule has 1 aromatic rings. The van der Waals surface area contributed by atoms with Crippen LogP contribution in [0.3, 0.4) is 0 Å². The van der Waals surface area contributed by atoms with Crippen molar-refractivity contribution in [2.45, 2.75) is 45.6 Å². The molecule has 23 heavy (non-hydrogen) atoms. The van der Waals surface area contributed by atoms with E-state index >= 15 is 0 Å². The van der Waals surface area contributed by atoms with Crippen molar-refractivity contribution in [2.75, 3.05) is 24.3 Å². The van der Waals surface area contributed by atoms with E-state index in [1.54, 1.807) is 13.8 Å². The predicted molar refractivity (Wildman–Crippen MR) is 93.6 cm³/mol. The van der Waals surface area contributed by atoms with Gasteiger partial charge in [0, 0.05) is 31.5 Å². The van der Waals surface area contributed by atoms with Crippen molar-refractivity contribution in [3.05, 3.63) is 24.3 Å². The average Bonchev–Trinajstić information content (AvgIpc) is 3.00. The highest BCUT2D eigenvalue weighted by Gasteiger charge is 2.37. The lowest BCUT2D eigenvalue weighted by atomic mass is 9.90. The summed E-state index contributed by atoms with van der Waals surface area (Å²) < 4.78 is 0. The molecule has 5 nitrogen and oxygen atoms in total. The number of carbonyl (C=O) groups excluding carboxylic acids is 2. The molecule has 0 spiro atoms. The Labute approximate surface area is 138 Å². The van der Waals surface area contributed by atoms with Crippen molar-refractivity contribution < 1.29 is 9.59 Å². The molecular formula is C18H27N3O2. The molecule has 2 amide bonds. The summed E-state index contributed by atoms with van der Waals surface area (Å²) in [5, 5.41) is 5.84. The van der Waals surface area contributed by atoms with Crippen LogP contribution in [0.2, 0.25) is 0 Å². The molecule has 0 unspecified atom stereocenters. The molecule has 2 rings (SSSR count). The van der Waals surface area contributed by atoms with Gasteiger partial charge in [-0.15, -0.1) is 0 Å². The summed E-state index contributed by atoms with van der Waals surface area (Å²) in [7, 11) is 3.92. The Morgan fingerprint density at radius 3 is 2.13 bits per heavy atom. The van der Waals surface area contributed by atoms with Gasteiger partial charge >= 0.3 is 0 Å². The maximum Gasteiger partial charge on any atom is 0.239 e. The Balaban J connectivity index is 1.98. The van der Waals surface area contributed by atoms with E-state index in [0.717, 1.165) is 31.4 Å². The smallest absolute Gasteiger partial charge is 0.239 e. The Hall–Kier alpha value is -2.04. The fraction of sp³-hybridized carbons (Fsp3) is 0.556. The van der Waals surface area contributed by atoms with Gasteiger partial charge in [0.15, 0.2) is 0 Å². The highest BCUT2D eigenvalue weighted by Crippen LogP contribution is 2.23. The largest absolute Gasteiger partial charge is 0.378 e. The van der Waals surface area contributed by atoms with Crippen LogP contribution in [-0.4, -0.2) is 32.0 Å². The summed E-state index contributed by atoms with van der Waals surface area (Å²) in [5.74, 6) is -0.489. The minimum atomic E-state index is -1.09.